The van der Waals surface area contributed by atoms with Crippen LogP contribution in [0.2, 0.25) is 0 Å². The molecule has 0 spiro atoms. The number of pyridine rings is 1. The maximum Gasteiger partial charge on any atom is 0.422 e. The molecule has 0 aliphatic heterocycles. The van der Waals surface area contributed by atoms with Crippen LogP contribution in [0, 0.1) is 0 Å². The summed E-state index contributed by atoms with van der Waals surface area (Å²) in [5, 5.41) is 8.61. The molecule has 0 saturated carbocycles. The zero-order chi connectivity index (χ0) is 11.5. The third-order valence-corrected chi connectivity index (χ3v) is 1.41. The molecule has 0 aromatic carbocycles. The SMILES string of the molecule is O=C(O)c1ccncc1OCC(F)(F)F.[Cl-]. The topological polar surface area (TPSA) is 59.4 Å². The van der Waals surface area contributed by atoms with Crippen molar-refractivity contribution in [3.63, 3.8) is 0 Å². The summed E-state index contributed by atoms with van der Waals surface area (Å²) in [5.41, 5.74) is -0.353. The molecule has 0 saturated heterocycles. The average Bonchev–Trinajstić information content (AvgIpc) is 2.14. The molecular formula is C8H6ClF3NO3-. The van der Waals surface area contributed by atoms with Crippen LogP contribution in [-0.2, 0) is 0 Å². The van der Waals surface area contributed by atoms with Crippen LogP contribution in [0.5, 0.6) is 5.75 Å². The molecule has 16 heavy (non-hydrogen) atoms. The highest BCUT2D eigenvalue weighted by Gasteiger charge is 2.29. The first-order valence-corrected chi connectivity index (χ1v) is 3.77. The summed E-state index contributed by atoms with van der Waals surface area (Å²) in [7, 11) is 0. The van der Waals surface area contributed by atoms with Gasteiger partial charge in [-0.1, -0.05) is 0 Å². The third kappa shape index (κ3) is 4.35. The molecule has 0 amide bonds. The Hall–Kier alpha value is -1.50. The van der Waals surface area contributed by atoms with Crippen molar-refractivity contribution >= 4 is 5.97 Å². The summed E-state index contributed by atoms with van der Waals surface area (Å²) in [5.74, 6) is -1.77. The number of nitrogens with zero attached hydrogens (tertiary/aromatic N) is 1. The Bertz CT molecular complexity index is 370. The molecule has 4 nitrogen and oxygen atoms in total. The monoisotopic (exact) mass is 256 g/mol. The van der Waals surface area contributed by atoms with E-state index < -0.39 is 24.5 Å². The summed E-state index contributed by atoms with van der Waals surface area (Å²) in [4.78, 5) is 14.0. The molecule has 0 aliphatic rings. The maximum atomic E-state index is 11.8. The van der Waals surface area contributed by atoms with Crippen LogP contribution in [0.3, 0.4) is 0 Å². The fraction of sp³-hybridized carbons (Fsp3) is 0.250. The highest BCUT2D eigenvalue weighted by atomic mass is 35.5. The smallest absolute Gasteiger partial charge is 0.422 e. The number of halogens is 4. The first-order chi connectivity index (χ1) is 6.90. The molecular weight excluding hydrogens is 251 g/mol. The summed E-state index contributed by atoms with van der Waals surface area (Å²) in [6, 6.07) is 1.06. The number of carbonyl (C=O) groups is 1. The zero-order valence-corrected chi connectivity index (χ0v) is 8.42. The minimum absolute atomic E-state index is 0. The van der Waals surface area contributed by atoms with Gasteiger partial charge in [0.25, 0.3) is 0 Å². The van der Waals surface area contributed by atoms with Crippen molar-refractivity contribution in [1.29, 1.82) is 0 Å². The van der Waals surface area contributed by atoms with E-state index in [2.05, 4.69) is 9.72 Å². The van der Waals surface area contributed by atoms with Crippen molar-refractivity contribution in [2.45, 2.75) is 6.18 Å². The van der Waals surface area contributed by atoms with Crippen molar-refractivity contribution in [2.24, 2.45) is 0 Å². The molecule has 1 aromatic rings. The van der Waals surface area contributed by atoms with Gasteiger partial charge in [-0.25, -0.2) is 4.79 Å². The van der Waals surface area contributed by atoms with Crippen LogP contribution in [0.1, 0.15) is 10.4 Å². The zero-order valence-electron chi connectivity index (χ0n) is 7.66. The van der Waals surface area contributed by atoms with Crippen LogP contribution >= 0.6 is 0 Å². The van der Waals surface area contributed by atoms with Crippen molar-refractivity contribution in [1.82, 2.24) is 4.98 Å². The fourth-order valence-corrected chi connectivity index (χ4v) is 0.831. The number of hydrogen-bond donors (Lipinski definition) is 1. The third-order valence-electron chi connectivity index (χ3n) is 1.41. The van der Waals surface area contributed by atoms with E-state index in [0.717, 1.165) is 18.5 Å². The van der Waals surface area contributed by atoms with E-state index in [4.69, 9.17) is 5.11 Å². The molecule has 0 aliphatic carbocycles. The standard InChI is InChI=1S/C8H6F3NO3.ClH/c9-8(10,11)4-15-6-3-12-2-1-5(6)7(13)14;/h1-3H,4H2,(H,13,14);1H/p-1. The Labute approximate surface area is 94.5 Å². The van der Waals surface area contributed by atoms with E-state index in [1.807, 2.05) is 0 Å². The lowest BCUT2D eigenvalue weighted by Crippen LogP contribution is -3.00. The summed E-state index contributed by atoms with van der Waals surface area (Å²) < 4.78 is 39.6. The molecule has 0 fully saturated rings. The molecule has 1 heterocycles. The first-order valence-electron chi connectivity index (χ1n) is 3.77. The maximum absolute atomic E-state index is 11.8. The van der Waals surface area contributed by atoms with Gasteiger partial charge in [-0.3, -0.25) is 4.98 Å². The highest BCUT2D eigenvalue weighted by Crippen LogP contribution is 2.20. The molecule has 1 N–H and O–H groups in total. The molecule has 0 radical (unpaired) electrons. The Morgan fingerprint density at radius 2 is 2.12 bits per heavy atom. The van der Waals surface area contributed by atoms with Crippen molar-refractivity contribution in [3.05, 3.63) is 24.0 Å². The van der Waals surface area contributed by atoms with Gasteiger partial charge in [-0.05, 0) is 6.07 Å². The van der Waals surface area contributed by atoms with E-state index >= 15 is 0 Å². The number of aromatic nitrogens is 1. The summed E-state index contributed by atoms with van der Waals surface area (Å²) >= 11 is 0. The predicted molar refractivity (Wildman–Crippen MR) is 42.7 cm³/mol. The molecule has 0 bridgehead atoms. The second kappa shape index (κ2) is 5.55. The summed E-state index contributed by atoms with van der Waals surface area (Å²) in [6.07, 6.45) is -2.43. The van der Waals surface area contributed by atoms with Gasteiger partial charge >= 0.3 is 12.1 Å². The second-order valence-electron chi connectivity index (χ2n) is 2.58. The van der Waals surface area contributed by atoms with Crippen LogP contribution in [0.25, 0.3) is 0 Å². The summed E-state index contributed by atoms with van der Waals surface area (Å²) in [6.45, 7) is -1.54. The van der Waals surface area contributed by atoms with E-state index in [9.17, 15) is 18.0 Å². The van der Waals surface area contributed by atoms with Gasteiger partial charge in [-0.2, -0.15) is 13.2 Å². The fourth-order valence-electron chi connectivity index (χ4n) is 0.831. The average molecular weight is 257 g/mol. The van der Waals surface area contributed by atoms with E-state index in [1.54, 1.807) is 0 Å². The Kier molecular flexibility index (Phi) is 5.03. The molecule has 90 valence electrons. The minimum atomic E-state index is -4.51. The molecule has 8 heteroatoms. The van der Waals surface area contributed by atoms with E-state index in [-0.39, 0.29) is 18.0 Å². The normalized spacial score (nSPS) is 10.4. The van der Waals surface area contributed by atoms with Gasteiger partial charge in [-0.15, -0.1) is 0 Å². The molecule has 0 unspecified atom stereocenters. The lowest BCUT2D eigenvalue weighted by Gasteiger charge is -2.10. The number of rotatable bonds is 3. The Morgan fingerprint density at radius 1 is 1.50 bits per heavy atom. The number of ether oxygens (including phenoxy) is 1. The van der Waals surface area contributed by atoms with Gasteiger partial charge in [0, 0.05) is 6.20 Å². The first kappa shape index (κ1) is 14.5. The van der Waals surface area contributed by atoms with Crippen molar-refractivity contribution in [2.75, 3.05) is 6.61 Å². The lowest BCUT2D eigenvalue weighted by atomic mass is 10.2. The molecule has 1 rings (SSSR count). The Morgan fingerprint density at radius 3 is 2.62 bits per heavy atom. The van der Waals surface area contributed by atoms with Crippen molar-refractivity contribution < 1.29 is 40.2 Å². The van der Waals surface area contributed by atoms with Gasteiger partial charge in [0.1, 0.15) is 5.56 Å². The molecule has 0 atom stereocenters. The minimum Gasteiger partial charge on any atom is -1.00 e. The Balaban J connectivity index is 0.00000225. The van der Waals surface area contributed by atoms with Crippen LogP contribution < -0.4 is 17.1 Å². The highest BCUT2D eigenvalue weighted by molar-refractivity contribution is 5.90. The van der Waals surface area contributed by atoms with Gasteiger partial charge < -0.3 is 22.3 Å². The predicted octanol–water partition coefficient (Wildman–Crippen LogP) is -1.28. The van der Waals surface area contributed by atoms with Crippen LogP contribution in [0.4, 0.5) is 13.2 Å². The number of carboxylic acids is 1. The number of aromatic carboxylic acids is 1. The second-order valence-corrected chi connectivity index (χ2v) is 2.58. The molecule has 1 aromatic heterocycles. The van der Waals surface area contributed by atoms with Gasteiger partial charge in [0.2, 0.25) is 0 Å². The lowest BCUT2D eigenvalue weighted by molar-refractivity contribution is -0.153. The number of carboxylic acid groups (broad SMARTS) is 1. The van der Waals surface area contributed by atoms with Crippen molar-refractivity contribution in [3.8, 4) is 5.75 Å². The number of hydrogen-bond acceptors (Lipinski definition) is 3. The largest absolute Gasteiger partial charge is 1.00 e. The van der Waals surface area contributed by atoms with Gasteiger partial charge in [0.05, 0.1) is 6.20 Å². The quantitative estimate of drug-likeness (QED) is 0.732. The van der Waals surface area contributed by atoms with Crippen LogP contribution in [0.15, 0.2) is 18.5 Å². The van der Waals surface area contributed by atoms with E-state index in [0.29, 0.717) is 0 Å². The van der Waals surface area contributed by atoms with Gasteiger partial charge in [0.15, 0.2) is 12.4 Å². The number of alkyl halides is 3. The van der Waals surface area contributed by atoms with E-state index in [1.165, 1.54) is 0 Å². The van der Waals surface area contributed by atoms with Crippen LogP contribution in [-0.4, -0.2) is 28.8 Å².